The van der Waals surface area contributed by atoms with Gasteiger partial charge >= 0.3 is 5.97 Å². The molecule has 7 heteroatoms. The van der Waals surface area contributed by atoms with Crippen LogP contribution in [0.25, 0.3) is 0 Å². The molecule has 0 aromatic rings. The Morgan fingerprint density at radius 1 is 1.56 bits per heavy atom. The molecular formula is C9H17NO5S. The van der Waals surface area contributed by atoms with Crippen LogP contribution >= 0.6 is 0 Å². The molecule has 0 bridgehead atoms. The SMILES string of the molecule is CC1COCCN1S(=O)(=O)CCCC(=O)O. The summed E-state index contributed by atoms with van der Waals surface area (Å²) in [6.45, 7) is 2.95. The third kappa shape index (κ3) is 3.73. The summed E-state index contributed by atoms with van der Waals surface area (Å²) < 4.78 is 30.3. The van der Waals surface area contributed by atoms with Gasteiger partial charge in [0.25, 0.3) is 0 Å². The number of nitrogens with zero attached hydrogens (tertiary/aromatic N) is 1. The predicted octanol–water partition coefficient (Wildman–Crippen LogP) is -0.0983. The van der Waals surface area contributed by atoms with E-state index in [1.54, 1.807) is 6.92 Å². The topological polar surface area (TPSA) is 83.9 Å². The Labute approximate surface area is 95.2 Å². The van der Waals surface area contributed by atoms with Gasteiger partial charge in [-0.15, -0.1) is 0 Å². The number of hydrogen-bond acceptors (Lipinski definition) is 4. The van der Waals surface area contributed by atoms with E-state index in [-0.39, 0.29) is 24.6 Å². The summed E-state index contributed by atoms with van der Waals surface area (Å²) in [6, 6.07) is -0.163. The maximum Gasteiger partial charge on any atom is 0.303 e. The van der Waals surface area contributed by atoms with Crippen LogP contribution in [0, 0.1) is 0 Å². The van der Waals surface area contributed by atoms with Gasteiger partial charge in [-0.3, -0.25) is 4.79 Å². The van der Waals surface area contributed by atoms with E-state index in [4.69, 9.17) is 9.84 Å². The van der Waals surface area contributed by atoms with Gasteiger partial charge in [0.05, 0.1) is 19.0 Å². The minimum Gasteiger partial charge on any atom is -0.481 e. The van der Waals surface area contributed by atoms with Gasteiger partial charge < -0.3 is 9.84 Å². The molecule has 0 aromatic carbocycles. The van der Waals surface area contributed by atoms with Gasteiger partial charge in [-0.25, -0.2) is 8.42 Å². The summed E-state index contributed by atoms with van der Waals surface area (Å²) >= 11 is 0. The highest BCUT2D eigenvalue weighted by Gasteiger charge is 2.29. The van der Waals surface area contributed by atoms with Crippen LogP contribution in [-0.2, 0) is 19.6 Å². The number of aliphatic carboxylic acids is 1. The van der Waals surface area contributed by atoms with Crippen molar-refractivity contribution in [2.75, 3.05) is 25.5 Å². The summed E-state index contributed by atoms with van der Waals surface area (Å²) in [5.74, 6) is -1.07. The van der Waals surface area contributed by atoms with E-state index in [0.29, 0.717) is 19.8 Å². The second-order valence-corrected chi connectivity index (χ2v) is 5.89. The highest BCUT2D eigenvalue weighted by molar-refractivity contribution is 7.89. The number of carboxylic acid groups (broad SMARTS) is 1. The smallest absolute Gasteiger partial charge is 0.303 e. The molecule has 0 radical (unpaired) electrons. The van der Waals surface area contributed by atoms with Gasteiger partial charge in [-0.05, 0) is 13.3 Å². The van der Waals surface area contributed by atoms with Gasteiger partial charge in [-0.1, -0.05) is 0 Å². The fourth-order valence-electron chi connectivity index (χ4n) is 1.65. The maximum absolute atomic E-state index is 11.9. The van der Waals surface area contributed by atoms with Gasteiger partial charge in [-0.2, -0.15) is 4.31 Å². The molecule has 1 unspecified atom stereocenters. The van der Waals surface area contributed by atoms with Crippen molar-refractivity contribution in [1.82, 2.24) is 4.31 Å². The second kappa shape index (κ2) is 5.60. The third-order valence-corrected chi connectivity index (χ3v) is 4.52. The van der Waals surface area contributed by atoms with E-state index < -0.39 is 16.0 Å². The summed E-state index contributed by atoms with van der Waals surface area (Å²) in [6.07, 6.45) is 0.0414. The van der Waals surface area contributed by atoms with Crippen LogP contribution in [0.15, 0.2) is 0 Å². The van der Waals surface area contributed by atoms with Crippen molar-refractivity contribution in [3.8, 4) is 0 Å². The molecule has 1 N–H and O–H groups in total. The first-order valence-corrected chi connectivity index (χ1v) is 6.83. The Hall–Kier alpha value is -0.660. The molecule has 0 spiro atoms. The Morgan fingerprint density at radius 3 is 2.81 bits per heavy atom. The van der Waals surface area contributed by atoms with Gasteiger partial charge in [0.1, 0.15) is 0 Å². The van der Waals surface area contributed by atoms with E-state index in [1.165, 1.54) is 4.31 Å². The minimum atomic E-state index is -3.34. The summed E-state index contributed by atoms with van der Waals surface area (Å²) in [4.78, 5) is 10.3. The van der Waals surface area contributed by atoms with Crippen molar-refractivity contribution in [2.24, 2.45) is 0 Å². The molecule has 0 aromatic heterocycles. The molecule has 0 amide bonds. The molecule has 1 heterocycles. The minimum absolute atomic E-state index is 0.108. The molecule has 1 aliphatic rings. The van der Waals surface area contributed by atoms with Crippen LogP contribution in [-0.4, -0.2) is 55.4 Å². The van der Waals surface area contributed by atoms with Crippen LogP contribution in [0.4, 0.5) is 0 Å². The van der Waals surface area contributed by atoms with Gasteiger partial charge in [0.2, 0.25) is 10.0 Å². The lowest BCUT2D eigenvalue weighted by molar-refractivity contribution is -0.137. The molecule has 1 saturated heterocycles. The molecule has 6 nitrogen and oxygen atoms in total. The zero-order valence-electron chi connectivity index (χ0n) is 9.26. The molecule has 0 aliphatic carbocycles. The van der Waals surface area contributed by atoms with Crippen LogP contribution < -0.4 is 0 Å². The van der Waals surface area contributed by atoms with E-state index in [1.807, 2.05) is 0 Å². The Kier molecular flexibility index (Phi) is 4.69. The first kappa shape index (κ1) is 13.4. The van der Waals surface area contributed by atoms with Gasteiger partial charge in [0.15, 0.2) is 0 Å². The van der Waals surface area contributed by atoms with Crippen molar-refractivity contribution >= 4 is 16.0 Å². The van der Waals surface area contributed by atoms with E-state index in [0.717, 1.165) is 0 Å². The van der Waals surface area contributed by atoms with E-state index >= 15 is 0 Å². The fourth-order valence-corrected chi connectivity index (χ4v) is 3.35. The van der Waals surface area contributed by atoms with E-state index in [9.17, 15) is 13.2 Å². The number of morpholine rings is 1. The van der Waals surface area contributed by atoms with Crippen LogP contribution in [0.2, 0.25) is 0 Å². The maximum atomic E-state index is 11.9. The zero-order valence-corrected chi connectivity index (χ0v) is 10.1. The molecule has 1 aliphatic heterocycles. The summed E-state index contributed by atoms with van der Waals surface area (Å²) in [5.41, 5.74) is 0. The normalized spacial score (nSPS) is 23.2. The largest absolute Gasteiger partial charge is 0.481 e. The number of ether oxygens (including phenoxy) is 1. The van der Waals surface area contributed by atoms with Crippen LogP contribution in [0.5, 0.6) is 0 Å². The lowest BCUT2D eigenvalue weighted by Gasteiger charge is -2.32. The average Bonchev–Trinajstić information content (AvgIpc) is 2.17. The molecular weight excluding hydrogens is 234 g/mol. The van der Waals surface area contributed by atoms with Crippen LogP contribution in [0.1, 0.15) is 19.8 Å². The van der Waals surface area contributed by atoms with Crippen molar-refractivity contribution in [3.63, 3.8) is 0 Å². The fraction of sp³-hybridized carbons (Fsp3) is 0.889. The summed E-state index contributed by atoms with van der Waals surface area (Å²) in [5, 5.41) is 8.44. The molecule has 0 saturated carbocycles. The first-order valence-electron chi connectivity index (χ1n) is 5.22. The number of sulfonamides is 1. The van der Waals surface area contributed by atoms with Crippen molar-refractivity contribution in [2.45, 2.75) is 25.8 Å². The van der Waals surface area contributed by atoms with E-state index in [2.05, 4.69) is 0 Å². The molecule has 94 valence electrons. The third-order valence-electron chi connectivity index (χ3n) is 2.46. The molecule has 1 fully saturated rings. The quantitative estimate of drug-likeness (QED) is 0.737. The van der Waals surface area contributed by atoms with Crippen molar-refractivity contribution < 1.29 is 23.1 Å². The molecule has 16 heavy (non-hydrogen) atoms. The first-order chi connectivity index (χ1) is 7.43. The standard InChI is InChI=1S/C9H17NO5S/c1-8-7-15-5-4-10(8)16(13,14)6-2-3-9(11)12/h8H,2-7H2,1H3,(H,11,12). The zero-order chi connectivity index (χ0) is 12.2. The monoisotopic (exact) mass is 251 g/mol. The lowest BCUT2D eigenvalue weighted by Crippen LogP contribution is -2.47. The van der Waals surface area contributed by atoms with Gasteiger partial charge in [0, 0.05) is 19.0 Å². The number of rotatable bonds is 5. The van der Waals surface area contributed by atoms with Crippen molar-refractivity contribution in [1.29, 1.82) is 0 Å². The average molecular weight is 251 g/mol. The molecule has 1 atom stereocenters. The van der Waals surface area contributed by atoms with Crippen molar-refractivity contribution in [3.05, 3.63) is 0 Å². The lowest BCUT2D eigenvalue weighted by atomic mass is 10.3. The highest BCUT2D eigenvalue weighted by atomic mass is 32.2. The Balaban J connectivity index is 2.51. The second-order valence-electron chi connectivity index (χ2n) is 3.85. The predicted molar refractivity (Wildman–Crippen MR) is 57.6 cm³/mol. The van der Waals surface area contributed by atoms with Crippen LogP contribution in [0.3, 0.4) is 0 Å². The summed E-state index contributed by atoms with van der Waals surface area (Å²) in [7, 11) is -3.34. The number of hydrogen-bond donors (Lipinski definition) is 1. The number of carboxylic acids is 1. The molecule has 1 rings (SSSR count). The Morgan fingerprint density at radius 2 is 2.25 bits per heavy atom. The highest BCUT2D eigenvalue weighted by Crippen LogP contribution is 2.13. The Bertz CT molecular complexity index is 340. The number of carbonyl (C=O) groups is 1.